The van der Waals surface area contributed by atoms with Crippen LogP contribution in [-0.2, 0) is 26.1 Å². The third-order valence-corrected chi connectivity index (χ3v) is 2.88. The summed E-state index contributed by atoms with van der Waals surface area (Å²) < 4.78 is 1.41. The van der Waals surface area contributed by atoms with Crippen molar-refractivity contribution in [3.8, 4) is 0 Å². The van der Waals surface area contributed by atoms with Gasteiger partial charge in [-0.1, -0.05) is 0 Å². The molecule has 0 saturated heterocycles. The van der Waals surface area contributed by atoms with Crippen LogP contribution in [0.2, 0.25) is 0 Å². The number of nitrogens with zero attached hydrogens (tertiary/aromatic N) is 1. The molecule has 0 aromatic heterocycles. The second-order valence-corrected chi connectivity index (χ2v) is 5.20. The fraction of sp³-hybridized carbons (Fsp3) is 0. The van der Waals surface area contributed by atoms with Gasteiger partial charge in [0.25, 0.3) is 0 Å². The van der Waals surface area contributed by atoms with Crippen LogP contribution < -0.4 is 8.91 Å². The first-order chi connectivity index (χ1) is 4.83. The SMILES string of the molecule is N/N=C/c1ccc[c]([Hg])c1. The average Bonchev–Trinajstić information content (AvgIpc) is 1.88. The van der Waals surface area contributed by atoms with E-state index in [2.05, 4.69) is 17.2 Å². The number of benzene rings is 1. The average molecular weight is 320 g/mol. The zero-order valence-corrected chi connectivity index (χ0v) is 11.1. The molecule has 47 valence electrons. The van der Waals surface area contributed by atoms with E-state index in [1.54, 1.807) is 6.21 Å². The Hall–Kier alpha value is -0.375. The van der Waals surface area contributed by atoms with Crippen LogP contribution in [0.15, 0.2) is 29.4 Å². The Morgan fingerprint density at radius 1 is 1.50 bits per heavy atom. The van der Waals surface area contributed by atoms with E-state index < -0.39 is 0 Å². The molecule has 3 heteroatoms. The van der Waals surface area contributed by atoms with Crippen LogP contribution in [0.4, 0.5) is 0 Å². The van der Waals surface area contributed by atoms with Crippen LogP contribution in [0.5, 0.6) is 0 Å². The summed E-state index contributed by atoms with van der Waals surface area (Å²) in [5.41, 5.74) is 1.09. The summed E-state index contributed by atoms with van der Waals surface area (Å²) in [6, 6.07) is 8.25. The zero-order valence-electron chi connectivity index (χ0n) is 5.62. The molecule has 0 aliphatic heterocycles. The summed E-state index contributed by atoms with van der Waals surface area (Å²) in [4.78, 5) is 0. The molecule has 0 aliphatic rings. The van der Waals surface area contributed by atoms with E-state index in [4.69, 9.17) is 5.84 Å². The molecule has 0 fully saturated rings. The third kappa shape index (κ3) is 2.10. The molecule has 0 atom stereocenters. The van der Waals surface area contributed by atoms with Crippen LogP contribution >= 0.6 is 0 Å². The number of hydrogen-bond acceptors (Lipinski definition) is 2. The van der Waals surface area contributed by atoms with Gasteiger partial charge in [-0.3, -0.25) is 0 Å². The Kier molecular flexibility index (Phi) is 2.87. The molecule has 1 aromatic rings. The second kappa shape index (κ2) is 3.71. The molecule has 0 bridgehead atoms. The molecule has 0 radical (unpaired) electrons. The molecule has 0 heterocycles. The van der Waals surface area contributed by atoms with E-state index in [-0.39, 0.29) is 0 Å². The van der Waals surface area contributed by atoms with Gasteiger partial charge in [-0.15, -0.1) is 0 Å². The number of hydrazone groups is 1. The van der Waals surface area contributed by atoms with Crippen molar-refractivity contribution in [2.45, 2.75) is 0 Å². The molecule has 0 saturated carbocycles. The van der Waals surface area contributed by atoms with Crippen LogP contribution in [-0.4, -0.2) is 6.21 Å². The summed E-state index contributed by atoms with van der Waals surface area (Å²) in [5, 5.41) is 3.44. The Morgan fingerprint density at radius 2 is 2.30 bits per heavy atom. The topological polar surface area (TPSA) is 38.4 Å². The van der Waals surface area contributed by atoms with E-state index in [1.807, 2.05) is 12.1 Å². The maximum atomic E-state index is 5.00. The van der Waals surface area contributed by atoms with E-state index in [0.717, 1.165) is 5.56 Å². The number of nitrogens with two attached hydrogens (primary N) is 1. The summed E-state index contributed by atoms with van der Waals surface area (Å²) in [6.45, 7) is 0. The van der Waals surface area contributed by atoms with Crippen LogP contribution in [0.25, 0.3) is 0 Å². The van der Waals surface area contributed by atoms with Crippen LogP contribution in [0, 0.1) is 0 Å². The van der Waals surface area contributed by atoms with Gasteiger partial charge < -0.3 is 0 Å². The van der Waals surface area contributed by atoms with Gasteiger partial charge in [0.2, 0.25) is 0 Å². The third-order valence-electron chi connectivity index (χ3n) is 1.17. The summed E-state index contributed by atoms with van der Waals surface area (Å²) >= 11 is 0.694. The fourth-order valence-corrected chi connectivity index (χ4v) is 2.20. The Balaban J connectivity index is 2.95. The van der Waals surface area contributed by atoms with E-state index >= 15 is 0 Å². The van der Waals surface area contributed by atoms with E-state index in [9.17, 15) is 0 Å². The summed E-state index contributed by atoms with van der Waals surface area (Å²) in [5.74, 6) is 5.00. The predicted molar refractivity (Wildman–Crippen MR) is 37.9 cm³/mol. The van der Waals surface area contributed by atoms with Crippen molar-refractivity contribution in [1.82, 2.24) is 0 Å². The molecule has 1 aromatic carbocycles. The zero-order chi connectivity index (χ0) is 7.40. The minimum atomic E-state index is 0.694. The van der Waals surface area contributed by atoms with Gasteiger partial charge in [0, 0.05) is 0 Å². The van der Waals surface area contributed by atoms with Crippen molar-refractivity contribution < 1.29 is 26.1 Å². The molecule has 0 unspecified atom stereocenters. The van der Waals surface area contributed by atoms with Crippen molar-refractivity contribution in [3.63, 3.8) is 0 Å². The quantitative estimate of drug-likeness (QED) is 0.340. The molecular weight excluding hydrogens is 313 g/mol. The van der Waals surface area contributed by atoms with Crippen molar-refractivity contribution in [3.05, 3.63) is 29.8 Å². The van der Waals surface area contributed by atoms with E-state index in [1.165, 1.54) is 3.07 Å². The molecule has 2 nitrogen and oxygen atoms in total. The van der Waals surface area contributed by atoms with Crippen molar-refractivity contribution in [2.24, 2.45) is 10.9 Å². The fourth-order valence-electron chi connectivity index (χ4n) is 0.759. The van der Waals surface area contributed by atoms with Gasteiger partial charge in [0.1, 0.15) is 0 Å². The van der Waals surface area contributed by atoms with Crippen molar-refractivity contribution in [1.29, 1.82) is 0 Å². The van der Waals surface area contributed by atoms with Gasteiger partial charge in [0.05, 0.1) is 0 Å². The van der Waals surface area contributed by atoms with Crippen LogP contribution in [0.1, 0.15) is 5.56 Å². The van der Waals surface area contributed by atoms with Gasteiger partial charge in [0.15, 0.2) is 0 Å². The first-order valence-corrected chi connectivity index (χ1v) is 5.73. The maximum absolute atomic E-state index is 5.00. The minimum absolute atomic E-state index is 0.694. The Labute approximate surface area is 76.1 Å². The van der Waals surface area contributed by atoms with Gasteiger partial charge >= 0.3 is 76.2 Å². The molecule has 0 spiro atoms. The molecule has 0 amide bonds. The number of rotatable bonds is 1. The normalized spacial score (nSPS) is 10.6. The molecule has 0 aliphatic carbocycles. The Bertz CT molecular complexity index is 245. The molecule has 2 N–H and O–H groups in total. The molecule has 1 rings (SSSR count). The first-order valence-electron chi connectivity index (χ1n) is 2.98. The van der Waals surface area contributed by atoms with Crippen molar-refractivity contribution >= 4 is 9.29 Å². The first kappa shape index (κ1) is 7.73. The number of hydrogen-bond donors (Lipinski definition) is 1. The van der Waals surface area contributed by atoms with Crippen LogP contribution in [0.3, 0.4) is 0 Å². The Morgan fingerprint density at radius 3 is 2.90 bits per heavy atom. The molecular formula is C7H7HgN2. The van der Waals surface area contributed by atoms with Gasteiger partial charge in [-0.05, 0) is 0 Å². The van der Waals surface area contributed by atoms with E-state index in [0.29, 0.717) is 26.1 Å². The van der Waals surface area contributed by atoms with Gasteiger partial charge in [-0.2, -0.15) is 0 Å². The van der Waals surface area contributed by atoms with Crippen molar-refractivity contribution in [2.75, 3.05) is 0 Å². The summed E-state index contributed by atoms with van der Waals surface area (Å²) in [6.07, 6.45) is 1.66. The predicted octanol–water partition coefficient (Wildman–Crippen LogP) is 0.151. The monoisotopic (exact) mass is 321 g/mol. The summed E-state index contributed by atoms with van der Waals surface area (Å²) in [7, 11) is 0. The molecule has 10 heavy (non-hydrogen) atoms. The van der Waals surface area contributed by atoms with Gasteiger partial charge in [-0.25, -0.2) is 0 Å². The second-order valence-electron chi connectivity index (χ2n) is 2.02. The standard InChI is InChI=1S/C7H7N2.Hg/c8-9-6-7-4-2-1-3-5-7;/h1-2,4-6H,8H2;/b9-6+;.